The first-order valence-corrected chi connectivity index (χ1v) is 12.4. The average Bonchev–Trinajstić information content (AvgIpc) is 3.22. The zero-order valence-corrected chi connectivity index (χ0v) is 22.2. The van der Waals surface area contributed by atoms with E-state index >= 15 is 0 Å². The van der Waals surface area contributed by atoms with Gasteiger partial charge in [0.1, 0.15) is 10.9 Å². The molecule has 2 aliphatic rings. The van der Waals surface area contributed by atoms with Crippen LogP contribution < -0.4 is 10.7 Å². The fourth-order valence-electron chi connectivity index (χ4n) is 4.05. The first-order valence-electron chi connectivity index (χ1n) is 10.6. The van der Waals surface area contributed by atoms with Crippen LogP contribution in [0.5, 0.6) is 0 Å². The predicted octanol–water partition coefficient (Wildman–Crippen LogP) is 6.12. The summed E-state index contributed by atoms with van der Waals surface area (Å²) in [5, 5.41) is 4.06. The number of hydrazine groups is 1. The topological polar surface area (TPSA) is 81.8 Å². The second kappa shape index (κ2) is 10.2. The van der Waals surface area contributed by atoms with Crippen LogP contribution in [0.1, 0.15) is 21.8 Å². The molecule has 0 radical (unpaired) electrons. The summed E-state index contributed by atoms with van der Waals surface area (Å²) >= 11 is 30.9. The Hall–Kier alpha value is -2.11. The molecule has 2 N–H and O–H groups in total. The van der Waals surface area contributed by atoms with Gasteiger partial charge in [-0.2, -0.15) is 13.2 Å². The SMILES string of the molecule is O=C(NN1CCN(CC(F)(F)F)C1=O)c1cc(NC(=O)C2C(c3cc(Cl)cc(Cl)c3)C2(Cl)Cl)ccc1Cl. The maximum absolute atomic E-state index is 13.0. The fraction of sp³-hybridized carbons (Fsp3) is 0.318. The van der Waals surface area contributed by atoms with Crippen LogP contribution in [0.15, 0.2) is 36.4 Å². The molecule has 4 rings (SSSR count). The van der Waals surface area contributed by atoms with E-state index < -0.39 is 46.7 Å². The van der Waals surface area contributed by atoms with E-state index in [0.717, 1.165) is 5.01 Å². The number of halogens is 8. The van der Waals surface area contributed by atoms with Gasteiger partial charge in [-0.3, -0.25) is 15.0 Å². The molecule has 37 heavy (non-hydrogen) atoms. The Balaban J connectivity index is 1.44. The number of alkyl halides is 5. The molecule has 2 aromatic rings. The van der Waals surface area contributed by atoms with E-state index in [1.807, 2.05) is 0 Å². The molecule has 0 bridgehead atoms. The van der Waals surface area contributed by atoms with Crippen LogP contribution in [0.4, 0.5) is 23.7 Å². The summed E-state index contributed by atoms with van der Waals surface area (Å²) < 4.78 is 36.4. The molecule has 15 heteroatoms. The molecule has 0 aromatic heterocycles. The van der Waals surface area contributed by atoms with Crippen molar-refractivity contribution in [2.45, 2.75) is 16.4 Å². The number of amides is 4. The predicted molar refractivity (Wildman–Crippen MR) is 134 cm³/mol. The summed E-state index contributed by atoms with van der Waals surface area (Å²) in [7, 11) is 0. The van der Waals surface area contributed by atoms with Crippen molar-refractivity contribution in [1.82, 2.24) is 15.3 Å². The standard InChI is InChI=1S/C22H16Cl5F3N4O3/c23-11-5-10(6-12(24)7-11)16-17(22(16,26)27)19(36)31-13-1-2-15(25)14(8-13)18(35)32-34-4-3-33(20(34)37)9-21(28,29)30/h1-2,5-8,16-17H,3-4,9H2,(H,31,36)(H,32,35). The van der Waals surface area contributed by atoms with Gasteiger partial charge in [-0.25, -0.2) is 9.80 Å². The number of rotatable bonds is 6. The lowest BCUT2D eigenvalue weighted by Crippen LogP contribution is -2.46. The Bertz CT molecular complexity index is 1260. The molecule has 198 valence electrons. The van der Waals surface area contributed by atoms with Gasteiger partial charge in [-0.05, 0) is 42.0 Å². The lowest BCUT2D eigenvalue weighted by molar-refractivity contribution is -0.138. The van der Waals surface area contributed by atoms with Crippen molar-refractivity contribution in [1.29, 1.82) is 0 Å². The van der Waals surface area contributed by atoms with E-state index in [9.17, 15) is 27.6 Å². The van der Waals surface area contributed by atoms with Crippen LogP contribution in [0.3, 0.4) is 0 Å². The highest BCUT2D eigenvalue weighted by molar-refractivity contribution is 6.53. The van der Waals surface area contributed by atoms with Crippen LogP contribution in [0, 0.1) is 5.92 Å². The van der Waals surface area contributed by atoms with E-state index in [-0.39, 0.29) is 29.4 Å². The van der Waals surface area contributed by atoms with Crippen LogP contribution in [0.2, 0.25) is 15.1 Å². The Labute approximate surface area is 233 Å². The zero-order valence-electron chi connectivity index (χ0n) is 18.4. The molecule has 0 spiro atoms. The van der Waals surface area contributed by atoms with Gasteiger partial charge in [0.25, 0.3) is 5.91 Å². The minimum Gasteiger partial charge on any atom is -0.326 e. The summed E-state index contributed by atoms with van der Waals surface area (Å²) in [6, 6.07) is 7.74. The molecule has 2 fully saturated rings. The second-order valence-electron chi connectivity index (χ2n) is 8.43. The molecule has 2 unspecified atom stereocenters. The molecule has 2 atom stereocenters. The van der Waals surface area contributed by atoms with E-state index in [1.54, 1.807) is 12.1 Å². The lowest BCUT2D eigenvalue weighted by atomic mass is 10.1. The average molecular weight is 619 g/mol. The Morgan fingerprint density at radius 2 is 1.68 bits per heavy atom. The highest BCUT2D eigenvalue weighted by Gasteiger charge is 2.67. The molecule has 2 aromatic carbocycles. The number of nitrogens with one attached hydrogen (secondary N) is 2. The molecular weight excluding hydrogens is 603 g/mol. The number of nitrogens with zero attached hydrogens (tertiary/aromatic N) is 2. The van der Waals surface area contributed by atoms with Crippen molar-refractivity contribution in [3.63, 3.8) is 0 Å². The summed E-state index contributed by atoms with van der Waals surface area (Å²) in [6.45, 7) is -1.81. The summed E-state index contributed by atoms with van der Waals surface area (Å²) in [5.74, 6) is -2.86. The third-order valence-corrected chi connectivity index (χ3v) is 7.47. The second-order valence-corrected chi connectivity index (χ2v) is 11.2. The van der Waals surface area contributed by atoms with Gasteiger partial charge in [0.05, 0.1) is 23.0 Å². The van der Waals surface area contributed by atoms with Crippen LogP contribution >= 0.6 is 58.0 Å². The van der Waals surface area contributed by atoms with Gasteiger partial charge in [-0.1, -0.05) is 34.8 Å². The molecule has 1 aliphatic heterocycles. The van der Waals surface area contributed by atoms with Gasteiger partial charge >= 0.3 is 12.2 Å². The monoisotopic (exact) mass is 616 g/mol. The summed E-state index contributed by atoms with van der Waals surface area (Å²) in [4.78, 5) is 38.4. The molecule has 4 amide bonds. The largest absolute Gasteiger partial charge is 0.406 e. The third kappa shape index (κ3) is 6.15. The van der Waals surface area contributed by atoms with Gasteiger partial charge in [0, 0.05) is 28.2 Å². The van der Waals surface area contributed by atoms with Gasteiger partial charge in [0.15, 0.2) is 0 Å². The molecule has 1 saturated heterocycles. The fourth-order valence-corrected chi connectivity index (χ4v) is 5.63. The summed E-state index contributed by atoms with van der Waals surface area (Å²) in [5.41, 5.74) is 2.86. The lowest BCUT2D eigenvalue weighted by Gasteiger charge is -2.20. The maximum Gasteiger partial charge on any atom is 0.406 e. The third-order valence-electron chi connectivity index (χ3n) is 5.76. The van der Waals surface area contributed by atoms with Crippen molar-refractivity contribution in [3.8, 4) is 0 Å². The highest BCUT2D eigenvalue weighted by Crippen LogP contribution is 2.65. The molecular formula is C22H16Cl5F3N4O3. The van der Waals surface area contributed by atoms with E-state index in [2.05, 4.69) is 10.7 Å². The van der Waals surface area contributed by atoms with Crippen LogP contribution in [0.25, 0.3) is 0 Å². The molecule has 1 aliphatic carbocycles. The number of carbonyl (C=O) groups excluding carboxylic acids is 3. The Morgan fingerprint density at radius 1 is 1.03 bits per heavy atom. The van der Waals surface area contributed by atoms with Crippen LogP contribution in [-0.4, -0.2) is 57.9 Å². The minimum absolute atomic E-state index is 0.0174. The number of anilines is 1. The van der Waals surface area contributed by atoms with Crippen molar-refractivity contribution in [3.05, 3.63) is 62.6 Å². The van der Waals surface area contributed by atoms with Gasteiger partial charge < -0.3 is 10.2 Å². The first kappa shape index (κ1) is 27.9. The quantitative estimate of drug-likeness (QED) is 0.383. The maximum atomic E-state index is 13.0. The Morgan fingerprint density at radius 3 is 2.30 bits per heavy atom. The first-order chi connectivity index (χ1) is 17.2. The van der Waals surface area contributed by atoms with Crippen molar-refractivity contribution in [2.24, 2.45) is 5.92 Å². The number of urea groups is 1. The van der Waals surface area contributed by atoms with E-state index in [4.69, 9.17) is 58.0 Å². The molecule has 7 nitrogen and oxygen atoms in total. The van der Waals surface area contributed by atoms with Crippen molar-refractivity contribution < 1.29 is 27.6 Å². The normalized spacial score (nSPS) is 20.7. The van der Waals surface area contributed by atoms with Gasteiger partial charge in [-0.15, -0.1) is 23.2 Å². The van der Waals surface area contributed by atoms with Gasteiger partial charge in [0.2, 0.25) is 5.91 Å². The molecule has 1 heterocycles. The minimum atomic E-state index is -4.57. The summed E-state index contributed by atoms with van der Waals surface area (Å²) in [6.07, 6.45) is -4.57. The highest BCUT2D eigenvalue weighted by atomic mass is 35.5. The number of hydrogen-bond donors (Lipinski definition) is 2. The Kier molecular flexibility index (Phi) is 7.71. The van der Waals surface area contributed by atoms with E-state index in [0.29, 0.717) is 20.5 Å². The smallest absolute Gasteiger partial charge is 0.326 e. The number of benzene rings is 2. The molecule has 1 saturated carbocycles. The van der Waals surface area contributed by atoms with Crippen molar-refractivity contribution in [2.75, 3.05) is 25.0 Å². The number of hydrogen-bond acceptors (Lipinski definition) is 3. The van der Waals surface area contributed by atoms with E-state index in [1.165, 1.54) is 24.3 Å². The number of carbonyl (C=O) groups is 3. The zero-order chi connectivity index (χ0) is 27.3. The van der Waals surface area contributed by atoms with Crippen LogP contribution in [-0.2, 0) is 4.79 Å². The van der Waals surface area contributed by atoms with Crippen molar-refractivity contribution >= 4 is 81.5 Å².